The second-order valence-electron chi connectivity index (χ2n) is 5.62. The fourth-order valence-electron chi connectivity index (χ4n) is 3.24. The SMILES string of the molecule is C[C@H]1C[C@@H](c2ccc(Cl)c(Cl)c2)c2ccccc2C1N=O. The quantitative estimate of drug-likeness (QED) is 0.627. The summed E-state index contributed by atoms with van der Waals surface area (Å²) in [6, 6.07) is 13.5. The maximum absolute atomic E-state index is 11.2. The van der Waals surface area contributed by atoms with E-state index in [0.29, 0.717) is 10.0 Å². The first-order valence-corrected chi connectivity index (χ1v) is 7.73. The van der Waals surface area contributed by atoms with Crippen molar-refractivity contribution in [3.63, 3.8) is 0 Å². The summed E-state index contributed by atoms with van der Waals surface area (Å²) < 4.78 is 0. The highest BCUT2D eigenvalue weighted by molar-refractivity contribution is 6.42. The largest absolute Gasteiger partial charge is 0.150 e. The lowest BCUT2D eigenvalue weighted by atomic mass is 9.72. The second kappa shape index (κ2) is 5.78. The van der Waals surface area contributed by atoms with Crippen molar-refractivity contribution in [2.24, 2.45) is 11.1 Å². The molecule has 0 aromatic heterocycles. The summed E-state index contributed by atoms with van der Waals surface area (Å²) in [6.07, 6.45) is 0.880. The summed E-state index contributed by atoms with van der Waals surface area (Å²) in [6.45, 7) is 2.08. The highest BCUT2D eigenvalue weighted by Crippen LogP contribution is 2.46. The zero-order valence-electron chi connectivity index (χ0n) is 11.6. The lowest BCUT2D eigenvalue weighted by Crippen LogP contribution is -2.21. The van der Waals surface area contributed by atoms with Crippen molar-refractivity contribution in [2.45, 2.75) is 25.3 Å². The van der Waals surface area contributed by atoms with Crippen LogP contribution in [0.2, 0.25) is 10.0 Å². The number of nitrogens with zero attached hydrogens (tertiary/aromatic N) is 1. The van der Waals surface area contributed by atoms with Gasteiger partial charge in [0.05, 0.1) is 10.0 Å². The Morgan fingerprint density at radius 1 is 1.05 bits per heavy atom. The number of rotatable bonds is 2. The van der Waals surface area contributed by atoms with Crippen molar-refractivity contribution in [3.05, 3.63) is 74.1 Å². The molecule has 0 fully saturated rings. The van der Waals surface area contributed by atoms with Crippen LogP contribution in [0.4, 0.5) is 0 Å². The zero-order valence-corrected chi connectivity index (χ0v) is 13.1. The summed E-state index contributed by atoms with van der Waals surface area (Å²) in [7, 11) is 0. The minimum atomic E-state index is -0.264. The van der Waals surface area contributed by atoms with Crippen LogP contribution in [0, 0.1) is 10.8 Å². The Balaban J connectivity index is 2.11. The first-order valence-electron chi connectivity index (χ1n) is 6.98. The molecule has 0 saturated heterocycles. The van der Waals surface area contributed by atoms with Gasteiger partial charge in [-0.25, -0.2) is 0 Å². The summed E-state index contributed by atoms with van der Waals surface area (Å²) in [5, 5.41) is 4.46. The van der Waals surface area contributed by atoms with E-state index in [1.54, 1.807) is 0 Å². The topological polar surface area (TPSA) is 29.4 Å². The minimum absolute atomic E-state index is 0.205. The fraction of sp³-hybridized carbons (Fsp3) is 0.294. The van der Waals surface area contributed by atoms with Crippen LogP contribution in [0.15, 0.2) is 47.6 Å². The van der Waals surface area contributed by atoms with Crippen molar-refractivity contribution in [2.75, 3.05) is 0 Å². The van der Waals surface area contributed by atoms with Gasteiger partial charge >= 0.3 is 0 Å². The molecule has 2 aromatic rings. The molecule has 4 heteroatoms. The van der Waals surface area contributed by atoms with Crippen LogP contribution in [-0.2, 0) is 0 Å². The molecule has 0 heterocycles. The third-order valence-corrected chi connectivity index (χ3v) is 5.04. The molecule has 2 nitrogen and oxygen atoms in total. The number of hydrogen-bond acceptors (Lipinski definition) is 2. The highest BCUT2D eigenvalue weighted by Gasteiger charge is 2.34. The predicted octanol–water partition coefficient (Wildman–Crippen LogP) is 5.97. The van der Waals surface area contributed by atoms with Crippen LogP contribution in [0.1, 0.15) is 42.0 Å². The minimum Gasteiger partial charge on any atom is -0.150 e. The number of halogens is 2. The van der Waals surface area contributed by atoms with Crippen LogP contribution >= 0.6 is 23.2 Å². The maximum Gasteiger partial charge on any atom is 0.120 e. The lowest BCUT2D eigenvalue weighted by Gasteiger charge is -2.33. The van der Waals surface area contributed by atoms with E-state index < -0.39 is 0 Å². The van der Waals surface area contributed by atoms with Crippen LogP contribution in [0.5, 0.6) is 0 Å². The van der Waals surface area contributed by atoms with Crippen LogP contribution < -0.4 is 0 Å². The first-order chi connectivity index (χ1) is 10.1. The molecule has 21 heavy (non-hydrogen) atoms. The van der Waals surface area contributed by atoms with Gasteiger partial charge in [0.25, 0.3) is 0 Å². The molecule has 0 N–H and O–H groups in total. The van der Waals surface area contributed by atoms with E-state index in [1.165, 1.54) is 5.56 Å². The molecule has 3 rings (SSSR count). The van der Waals surface area contributed by atoms with E-state index in [9.17, 15) is 4.91 Å². The maximum atomic E-state index is 11.2. The Bertz CT molecular complexity index is 686. The molecule has 1 unspecified atom stereocenters. The summed E-state index contributed by atoms with van der Waals surface area (Å²) in [5.41, 5.74) is 3.33. The molecule has 0 saturated carbocycles. The van der Waals surface area contributed by atoms with Crippen LogP contribution in [0.3, 0.4) is 0 Å². The molecular weight excluding hydrogens is 305 g/mol. The molecule has 3 atom stereocenters. The Labute approximate surface area is 134 Å². The smallest absolute Gasteiger partial charge is 0.120 e. The zero-order chi connectivity index (χ0) is 15.0. The Kier molecular flexibility index (Phi) is 4.01. The van der Waals surface area contributed by atoms with E-state index in [0.717, 1.165) is 17.5 Å². The van der Waals surface area contributed by atoms with E-state index in [-0.39, 0.29) is 17.9 Å². The van der Waals surface area contributed by atoms with Gasteiger partial charge < -0.3 is 0 Å². The van der Waals surface area contributed by atoms with Gasteiger partial charge in [-0.1, -0.05) is 65.6 Å². The molecular formula is C17H15Cl2NO. The predicted molar refractivity (Wildman–Crippen MR) is 87.1 cm³/mol. The average Bonchev–Trinajstić information content (AvgIpc) is 2.49. The standard InChI is InChI=1S/C17H15Cl2NO/c1-10-8-14(11-6-7-15(18)16(19)9-11)12-4-2-3-5-13(12)17(10)20-21/h2-7,9-10,14,17H,8H2,1H3/t10-,14-,17?/m0/s1. The van der Waals surface area contributed by atoms with Gasteiger partial charge in [0.15, 0.2) is 0 Å². The average molecular weight is 320 g/mol. The van der Waals surface area contributed by atoms with Crippen molar-refractivity contribution in [3.8, 4) is 0 Å². The van der Waals surface area contributed by atoms with Crippen molar-refractivity contribution >= 4 is 23.2 Å². The Morgan fingerprint density at radius 3 is 2.43 bits per heavy atom. The second-order valence-corrected chi connectivity index (χ2v) is 6.43. The van der Waals surface area contributed by atoms with Gasteiger partial charge in [0.1, 0.15) is 6.04 Å². The van der Waals surface area contributed by atoms with E-state index in [2.05, 4.69) is 18.2 Å². The third-order valence-electron chi connectivity index (χ3n) is 4.30. The monoisotopic (exact) mass is 319 g/mol. The van der Waals surface area contributed by atoms with Crippen molar-refractivity contribution in [1.29, 1.82) is 0 Å². The number of benzene rings is 2. The van der Waals surface area contributed by atoms with E-state index >= 15 is 0 Å². The number of hydrogen-bond donors (Lipinski definition) is 0. The highest BCUT2D eigenvalue weighted by atomic mass is 35.5. The molecule has 108 valence electrons. The lowest BCUT2D eigenvalue weighted by molar-refractivity contribution is 0.387. The Morgan fingerprint density at radius 2 is 1.76 bits per heavy atom. The number of fused-ring (bicyclic) bond motifs is 1. The molecule has 0 spiro atoms. The first kappa shape index (κ1) is 14.6. The molecule has 0 radical (unpaired) electrons. The van der Waals surface area contributed by atoms with Gasteiger partial charge in [-0.05, 0) is 41.2 Å². The molecule has 2 aromatic carbocycles. The molecule has 0 bridgehead atoms. The third kappa shape index (κ3) is 2.58. The number of nitroso groups, excluding NO2 is 1. The van der Waals surface area contributed by atoms with E-state index in [1.807, 2.05) is 36.4 Å². The van der Waals surface area contributed by atoms with Gasteiger partial charge in [0.2, 0.25) is 0 Å². The molecule has 1 aliphatic rings. The summed E-state index contributed by atoms with van der Waals surface area (Å²) in [5.74, 6) is 0.431. The summed E-state index contributed by atoms with van der Waals surface area (Å²) in [4.78, 5) is 11.2. The van der Waals surface area contributed by atoms with Crippen LogP contribution in [-0.4, -0.2) is 0 Å². The molecule has 1 aliphatic carbocycles. The van der Waals surface area contributed by atoms with Gasteiger partial charge in [-0.2, -0.15) is 4.91 Å². The summed E-state index contributed by atoms with van der Waals surface area (Å²) >= 11 is 12.2. The van der Waals surface area contributed by atoms with Crippen LogP contribution in [0.25, 0.3) is 0 Å². The molecule has 0 aliphatic heterocycles. The Hall–Kier alpha value is -1.38. The van der Waals surface area contributed by atoms with Crippen molar-refractivity contribution in [1.82, 2.24) is 0 Å². The van der Waals surface area contributed by atoms with E-state index in [4.69, 9.17) is 23.2 Å². The van der Waals surface area contributed by atoms with Gasteiger partial charge in [-0.15, -0.1) is 0 Å². The van der Waals surface area contributed by atoms with Crippen molar-refractivity contribution < 1.29 is 0 Å². The van der Waals surface area contributed by atoms with Gasteiger partial charge in [-0.3, -0.25) is 0 Å². The molecule has 0 amide bonds. The fourth-order valence-corrected chi connectivity index (χ4v) is 3.54. The van der Waals surface area contributed by atoms with Gasteiger partial charge in [0, 0.05) is 5.92 Å². The normalized spacial score (nSPS) is 24.4.